The Labute approximate surface area is 95.5 Å². The smallest absolute Gasteiger partial charge is 0.160 e. The lowest BCUT2D eigenvalue weighted by atomic mass is 10.0. The summed E-state index contributed by atoms with van der Waals surface area (Å²) in [4.78, 5) is 0.421. The van der Waals surface area contributed by atoms with Crippen molar-refractivity contribution in [2.45, 2.75) is 29.5 Å². The Morgan fingerprint density at radius 3 is 2.56 bits per heavy atom. The van der Waals surface area contributed by atoms with Gasteiger partial charge in [0.25, 0.3) is 0 Å². The van der Waals surface area contributed by atoms with Gasteiger partial charge in [-0.25, -0.2) is 8.78 Å². The summed E-state index contributed by atoms with van der Waals surface area (Å²) in [6.07, 6.45) is 0.704. The first-order valence-electron chi connectivity index (χ1n) is 5.17. The van der Waals surface area contributed by atoms with Crippen LogP contribution in [0.3, 0.4) is 0 Å². The van der Waals surface area contributed by atoms with Crippen molar-refractivity contribution in [3.8, 4) is 0 Å². The summed E-state index contributed by atoms with van der Waals surface area (Å²) >= 11 is 0. The highest BCUT2D eigenvalue weighted by atomic mass is 32.2. The minimum atomic E-state index is -1.25. The molecule has 0 bridgehead atoms. The van der Waals surface area contributed by atoms with E-state index in [-0.39, 0.29) is 11.3 Å². The minimum absolute atomic E-state index is 0.110. The molecule has 3 unspecified atom stereocenters. The first-order valence-corrected chi connectivity index (χ1v) is 6.38. The van der Waals surface area contributed by atoms with Crippen LogP contribution in [0, 0.1) is 11.6 Å². The molecule has 1 aromatic carbocycles. The molecule has 0 saturated carbocycles. The fraction of sp³-hybridized carbons (Fsp3) is 0.455. The number of hydrogen-bond donors (Lipinski definition) is 1. The average Bonchev–Trinajstić information content (AvgIpc) is 2.52. The van der Waals surface area contributed by atoms with Crippen LogP contribution in [-0.4, -0.2) is 16.5 Å². The van der Waals surface area contributed by atoms with Crippen LogP contribution in [0.15, 0.2) is 17.0 Å². The Morgan fingerprint density at radius 2 is 2.00 bits per heavy atom. The first kappa shape index (κ1) is 11.7. The monoisotopic (exact) mass is 245 g/mol. The summed E-state index contributed by atoms with van der Waals surface area (Å²) in [5.74, 6) is -1.81. The molecular formula is C11H13F2NOS. The fourth-order valence-electron chi connectivity index (χ4n) is 2.18. The van der Waals surface area contributed by atoms with Gasteiger partial charge in [0.05, 0.1) is 16.0 Å². The Hall–Kier alpha value is -0.810. The summed E-state index contributed by atoms with van der Waals surface area (Å²) < 4.78 is 38.3. The van der Waals surface area contributed by atoms with Crippen molar-refractivity contribution >= 4 is 10.8 Å². The first-order chi connectivity index (χ1) is 7.60. The van der Waals surface area contributed by atoms with Gasteiger partial charge in [0, 0.05) is 10.9 Å². The van der Waals surface area contributed by atoms with E-state index in [1.165, 1.54) is 0 Å². The quantitative estimate of drug-likeness (QED) is 0.864. The van der Waals surface area contributed by atoms with Gasteiger partial charge in [-0.2, -0.15) is 0 Å². The fourth-order valence-corrected chi connectivity index (χ4v) is 3.97. The van der Waals surface area contributed by atoms with Crippen LogP contribution in [0.4, 0.5) is 8.78 Å². The van der Waals surface area contributed by atoms with Gasteiger partial charge >= 0.3 is 0 Å². The average molecular weight is 245 g/mol. The third kappa shape index (κ3) is 1.58. The zero-order chi connectivity index (χ0) is 11.9. The van der Waals surface area contributed by atoms with Crippen LogP contribution in [0.1, 0.15) is 24.9 Å². The summed E-state index contributed by atoms with van der Waals surface area (Å²) in [7, 11) is 0.484. The number of nitrogens with one attached hydrogen (secondary N) is 1. The molecular weight excluding hydrogens is 232 g/mol. The van der Waals surface area contributed by atoms with E-state index in [0.29, 0.717) is 16.9 Å². The van der Waals surface area contributed by atoms with Crippen molar-refractivity contribution in [3.05, 3.63) is 29.3 Å². The molecule has 0 fully saturated rings. The Kier molecular flexibility index (Phi) is 3.08. The molecule has 1 aromatic rings. The lowest BCUT2D eigenvalue weighted by molar-refractivity contribution is 0.496. The molecule has 1 aliphatic heterocycles. The number of rotatable bonds is 2. The van der Waals surface area contributed by atoms with E-state index >= 15 is 0 Å². The second-order valence-corrected chi connectivity index (χ2v) is 5.45. The maximum atomic E-state index is 13.1. The molecule has 3 atom stereocenters. The standard InChI is InChI=1S/C11H13F2NOS/c1-3-9-11(14-2)6-4-7(12)8(13)5-10(6)16(9)15/h4-5,9,11,14H,3H2,1-2H3. The molecule has 88 valence electrons. The summed E-state index contributed by atoms with van der Waals surface area (Å²) in [5, 5.41) is 2.91. The van der Waals surface area contributed by atoms with Gasteiger partial charge in [-0.05, 0) is 31.2 Å². The van der Waals surface area contributed by atoms with Crippen molar-refractivity contribution in [2.75, 3.05) is 7.05 Å². The van der Waals surface area contributed by atoms with E-state index in [0.717, 1.165) is 12.1 Å². The van der Waals surface area contributed by atoms with Gasteiger partial charge in [0.2, 0.25) is 0 Å². The lowest BCUT2D eigenvalue weighted by Crippen LogP contribution is -2.26. The van der Waals surface area contributed by atoms with Crippen molar-refractivity contribution < 1.29 is 13.0 Å². The molecule has 16 heavy (non-hydrogen) atoms. The second kappa shape index (κ2) is 4.22. The van der Waals surface area contributed by atoms with E-state index in [1.807, 2.05) is 6.92 Å². The van der Waals surface area contributed by atoms with Crippen molar-refractivity contribution in [2.24, 2.45) is 0 Å². The van der Waals surface area contributed by atoms with Crippen LogP contribution in [-0.2, 0) is 10.8 Å². The summed E-state index contributed by atoms with van der Waals surface area (Å²) in [6.45, 7) is 1.92. The summed E-state index contributed by atoms with van der Waals surface area (Å²) in [5.41, 5.74) is 0.617. The maximum Gasteiger partial charge on any atom is 0.160 e. The van der Waals surface area contributed by atoms with Gasteiger partial charge in [-0.3, -0.25) is 4.21 Å². The molecule has 1 heterocycles. The SMILES string of the molecule is CCC1C(NC)c2cc(F)c(F)cc2S1=O. The lowest BCUT2D eigenvalue weighted by Gasteiger charge is -2.16. The van der Waals surface area contributed by atoms with Crippen LogP contribution in [0.5, 0.6) is 0 Å². The predicted octanol–water partition coefficient (Wildman–Crippen LogP) is 2.13. The summed E-state index contributed by atoms with van der Waals surface area (Å²) in [6, 6.07) is 2.05. The number of hydrogen-bond acceptors (Lipinski definition) is 2. The topological polar surface area (TPSA) is 29.1 Å². The van der Waals surface area contributed by atoms with Gasteiger partial charge in [0.15, 0.2) is 11.6 Å². The Bertz CT molecular complexity index is 450. The molecule has 0 spiro atoms. The molecule has 0 saturated heterocycles. The number of halogens is 2. The van der Waals surface area contributed by atoms with Crippen LogP contribution >= 0.6 is 0 Å². The zero-order valence-corrected chi connectivity index (χ0v) is 9.91. The molecule has 0 aliphatic carbocycles. The zero-order valence-electron chi connectivity index (χ0n) is 9.09. The maximum absolute atomic E-state index is 13.1. The minimum Gasteiger partial charge on any atom is -0.312 e. The Morgan fingerprint density at radius 1 is 1.38 bits per heavy atom. The van der Waals surface area contributed by atoms with Gasteiger partial charge < -0.3 is 5.32 Å². The number of benzene rings is 1. The van der Waals surface area contributed by atoms with Crippen LogP contribution in [0.25, 0.3) is 0 Å². The predicted molar refractivity (Wildman–Crippen MR) is 58.6 cm³/mol. The third-order valence-corrected chi connectivity index (χ3v) is 4.91. The largest absolute Gasteiger partial charge is 0.312 e. The molecule has 2 nitrogen and oxygen atoms in total. The van der Waals surface area contributed by atoms with E-state index in [4.69, 9.17) is 0 Å². The highest BCUT2D eigenvalue weighted by molar-refractivity contribution is 7.86. The van der Waals surface area contributed by atoms with Crippen LogP contribution < -0.4 is 5.32 Å². The van der Waals surface area contributed by atoms with Crippen molar-refractivity contribution in [1.29, 1.82) is 0 Å². The molecule has 0 radical (unpaired) electrons. The molecule has 1 N–H and O–H groups in total. The molecule has 2 rings (SSSR count). The number of fused-ring (bicyclic) bond motifs is 1. The van der Waals surface area contributed by atoms with E-state index in [1.54, 1.807) is 7.05 Å². The van der Waals surface area contributed by atoms with E-state index < -0.39 is 22.4 Å². The Balaban J connectivity index is 2.57. The molecule has 0 amide bonds. The molecule has 1 aliphatic rings. The van der Waals surface area contributed by atoms with Gasteiger partial charge in [-0.15, -0.1) is 0 Å². The normalized spacial score (nSPS) is 28.1. The van der Waals surface area contributed by atoms with Gasteiger partial charge in [-0.1, -0.05) is 6.92 Å². The highest BCUT2D eigenvalue weighted by Gasteiger charge is 2.37. The third-order valence-electron chi connectivity index (χ3n) is 2.96. The molecule has 0 aromatic heterocycles. The van der Waals surface area contributed by atoms with E-state index in [2.05, 4.69) is 5.32 Å². The van der Waals surface area contributed by atoms with Crippen molar-refractivity contribution in [3.63, 3.8) is 0 Å². The van der Waals surface area contributed by atoms with E-state index in [9.17, 15) is 13.0 Å². The second-order valence-electron chi connectivity index (χ2n) is 3.81. The van der Waals surface area contributed by atoms with Crippen LogP contribution in [0.2, 0.25) is 0 Å². The highest BCUT2D eigenvalue weighted by Crippen LogP contribution is 2.38. The van der Waals surface area contributed by atoms with Gasteiger partial charge in [0.1, 0.15) is 0 Å². The van der Waals surface area contributed by atoms with Crippen molar-refractivity contribution in [1.82, 2.24) is 5.32 Å². The molecule has 5 heteroatoms.